The SMILES string of the molecule is Cc1nc(Nc2cc(Cl)ccc2C)cc(C(=O)NCc2ccccc2C)n1. The monoisotopic (exact) mass is 380 g/mol. The number of carbonyl (C=O) groups excluding carboxylic acids is 1. The molecule has 0 aliphatic rings. The Labute approximate surface area is 163 Å². The van der Waals surface area contributed by atoms with Crippen molar-refractivity contribution in [2.75, 3.05) is 5.32 Å². The number of carbonyl (C=O) groups is 1. The summed E-state index contributed by atoms with van der Waals surface area (Å²) in [5, 5.41) is 6.76. The van der Waals surface area contributed by atoms with Gasteiger partial charge in [-0.2, -0.15) is 0 Å². The fourth-order valence-electron chi connectivity index (χ4n) is 2.69. The standard InChI is InChI=1S/C21H21ClN4O/c1-13-6-4-5-7-16(13)12-23-21(27)19-11-20(25-15(3)24-19)26-18-10-17(22)9-8-14(18)2/h4-11H,12H2,1-3H3,(H,23,27)(H,24,25,26). The lowest BCUT2D eigenvalue weighted by Gasteiger charge is -2.12. The van der Waals surface area contributed by atoms with Gasteiger partial charge in [0.25, 0.3) is 5.91 Å². The maximum atomic E-state index is 12.6. The lowest BCUT2D eigenvalue weighted by molar-refractivity contribution is 0.0945. The van der Waals surface area contributed by atoms with Gasteiger partial charge in [0.15, 0.2) is 0 Å². The summed E-state index contributed by atoms with van der Waals surface area (Å²) in [4.78, 5) is 21.2. The predicted molar refractivity (Wildman–Crippen MR) is 109 cm³/mol. The van der Waals surface area contributed by atoms with E-state index in [-0.39, 0.29) is 5.91 Å². The summed E-state index contributed by atoms with van der Waals surface area (Å²) in [7, 11) is 0. The van der Waals surface area contributed by atoms with Gasteiger partial charge >= 0.3 is 0 Å². The van der Waals surface area contributed by atoms with Crippen molar-refractivity contribution in [3.05, 3.63) is 81.8 Å². The number of nitrogens with zero attached hydrogens (tertiary/aromatic N) is 2. The van der Waals surface area contributed by atoms with Crippen LogP contribution in [0.5, 0.6) is 0 Å². The molecule has 2 aromatic carbocycles. The number of nitrogens with one attached hydrogen (secondary N) is 2. The van der Waals surface area contributed by atoms with Gasteiger partial charge in [-0.05, 0) is 49.6 Å². The van der Waals surface area contributed by atoms with E-state index in [9.17, 15) is 4.79 Å². The molecule has 0 spiro atoms. The second-order valence-electron chi connectivity index (χ2n) is 6.38. The Kier molecular flexibility index (Phi) is 5.72. The number of aromatic nitrogens is 2. The van der Waals surface area contributed by atoms with Crippen molar-refractivity contribution in [2.24, 2.45) is 0 Å². The Morgan fingerprint density at radius 2 is 1.78 bits per heavy atom. The third-order valence-corrected chi connectivity index (χ3v) is 4.47. The molecular weight excluding hydrogens is 360 g/mol. The summed E-state index contributed by atoms with van der Waals surface area (Å²) in [6, 6.07) is 15.2. The van der Waals surface area contributed by atoms with E-state index in [1.165, 1.54) is 0 Å². The molecule has 1 heterocycles. The molecule has 6 heteroatoms. The van der Waals surface area contributed by atoms with Gasteiger partial charge in [0.05, 0.1) is 0 Å². The Bertz CT molecular complexity index is 988. The third-order valence-electron chi connectivity index (χ3n) is 4.23. The second kappa shape index (κ2) is 8.18. The fraction of sp³-hybridized carbons (Fsp3) is 0.190. The second-order valence-corrected chi connectivity index (χ2v) is 6.82. The van der Waals surface area contributed by atoms with Crippen LogP contribution in [-0.2, 0) is 6.54 Å². The maximum Gasteiger partial charge on any atom is 0.270 e. The van der Waals surface area contributed by atoms with Crippen molar-refractivity contribution in [3.63, 3.8) is 0 Å². The van der Waals surface area contributed by atoms with Crippen molar-refractivity contribution >= 4 is 29.0 Å². The van der Waals surface area contributed by atoms with Gasteiger partial charge in [-0.3, -0.25) is 4.79 Å². The molecular formula is C21H21ClN4O. The topological polar surface area (TPSA) is 66.9 Å². The lowest BCUT2D eigenvalue weighted by atomic mass is 10.1. The molecule has 2 N–H and O–H groups in total. The van der Waals surface area contributed by atoms with E-state index in [0.717, 1.165) is 22.4 Å². The van der Waals surface area contributed by atoms with Crippen molar-refractivity contribution < 1.29 is 4.79 Å². The van der Waals surface area contributed by atoms with Crippen LogP contribution in [0.15, 0.2) is 48.5 Å². The molecule has 0 radical (unpaired) electrons. The Balaban J connectivity index is 1.77. The summed E-state index contributed by atoms with van der Waals surface area (Å²) in [6.45, 7) is 6.20. The maximum absolute atomic E-state index is 12.6. The van der Waals surface area contributed by atoms with Crippen molar-refractivity contribution in [1.29, 1.82) is 0 Å². The van der Waals surface area contributed by atoms with Gasteiger partial charge in [-0.25, -0.2) is 9.97 Å². The minimum absolute atomic E-state index is 0.241. The van der Waals surface area contributed by atoms with E-state index in [4.69, 9.17) is 11.6 Å². The number of aryl methyl sites for hydroxylation is 3. The molecule has 0 fully saturated rings. The smallest absolute Gasteiger partial charge is 0.270 e. The van der Waals surface area contributed by atoms with Crippen molar-refractivity contribution in [1.82, 2.24) is 15.3 Å². The van der Waals surface area contributed by atoms with E-state index in [1.54, 1.807) is 13.0 Å². The highest BCUT2D eigenvalue weighted by atomic mass is 35.5. The molecule has 138 valence electrons. The minimum Gasteiger partial charge on any atom is -0.347 e. The molecule has 0 aliphatic heterocycles. The fourth-order valence-corrected chi connectivity index (χ4v) is 2.86. The van der Waals surface area contributed by atoms with Gasteiger partial charge in [0.2, 0.25) is 0 Å². The van der Waals surface area contributed by atoms with Gasteiger partial charge in [0, 0.05) is 23.3 Å². The van der Waals surface area contributed by atoms with Crippen LogP contribution in [0.1, 0.15) is 33.0 Å². The number of halogens is 1. The lowest BCUT2D eigenvalue weighted by Crippen LogP contribution is -2.24. The molecule has 27 heavy (non-hydrogen) atoms. The first-order valence-electron chi connectivity index (χ1n) is 8.64. The van der Waals surface area contributed by atoms with Crippen LogP contribution in [-0.4, -0.2) is 15.9 Å². The van der Waals surface area contributed by atoms with E-state index in [2.05, 4.69) is 20.6 Å². The van der Waals surface area contributed by atoms with E-state index in [1.807, 2.05) is 56.3 Å². The average Bonchev–Trinajstić information content (AvgIpc) is 2.63. The van der Waals surface area contributed by atoms with Crippen molar-refractivity contribution in [2.45, 2.75) is 27.3 Å². The molecule has 1 aromatic heterocycles. The van der Waals surface area contributed by atoms with E-state index in [0.29, 0.717) is 28.9 Å². The normalized spacial score (nSPS) is 10.5. The molecule has 3 aromatic rings. The molecule has 0 atom stereocenters. The number of amides is 1. The zero-order chi connectivity index (χ0) is 19.4. The molecule has 0 aliphatic carbocycles. The largest absolute Gasteiger partial charge is 0.347 e. The van der Waals surface area contributed by atoms with Crippen LogP contribution in [0, 0.1) is 20.8 Å². The highest BCUT2D eigenvalue weighted by molar-refractivity contribution is 6.30. The van der Waals surface area contributed by atoms with Crippen LogP contribution < -0.4 is 10.6 Å². The van der Waals surface area contributed by atoms with E-state index >= 15 is 0 Å². The third kappa shape index (κ3) is 4.83. The van der Waals surface area contributed by atoms with Gasteiger partial charge in [-0.1, -0.05) is 41.9 Å². The zero-order valence-electron chi connectivity index (χ0n) is 15.5. The Morgan fingerprint density at radius 1 is 1.00 bits per heavy atom. The Hall–Kier alpha value is -2.92. The molecule has 1 amide bonds. The first-order chi connectivity index (χ1) is 12.9. The number of benzene rings is 2. The average molecular weight is 381 g/mol. The highest BCUT2D eigenvalue weighted by Gasteiger charge is 2.12. The highest BCUT2D eigenvalue weighted by Crippen LogP contribution is 2.23. The molecule has 0 saturated carbocycles. The summed E-state index contributed by atoms with van der Waals surface area (Å²) in [5.41, 5.74) is 4.39. The predicted octanol–water partition coefficient (Wildman–Crippen LogP) is 4.73. The number of anilines is 2. The summed E-state index contributed by atoms with van der Waals surface area (Å²) in [6.07, 6.45) is 0. The van der Waals surface area contributed by atoms with Gasteiger partial charge < -0.3 is 10.6 Å². The van der Waals surface area contributed by atoms with Gasteiger partial charge in [-0.15, -0.1) is 0 Å². The summed E-state index contributed by atoms with van der Waals surface area (Å²) in [5.74, 6) is 0.823. The Morgan fingerprint density at radius 3 is 2.56 bits per heavy atom. The van der Waals surface area contributed by atoms with E-state index < -0.39 is 0 Å². The number of rotatable bonds is 5. The number of hydrogen-bond acceptors (Lipinski definition) is 4. The zero-order valence-corrected chi connectivity index (χ0v) is 16.3. The van der Waals surface area contributed by atoms with Crippen LogP contribution in [0.3, 0.4) is 0 Å². The van der Waals surface area contributed by atoms with Crippen LogP contribution in [0.4, 0.5) is 11.5 Å². The molecule has 0 saturated heterocycles. The van der Waals surface area contributed by atoms with Gasteiger partial charge in [0.1, 0.15) is 17.3 Å². The van der Waals surface area contributed by atoms with Crippen LogP contribution in [0.25, 0.3) is 0 Å². The number of hydrogen-bond donors (Lipinski definition) is 2. The molecule has 3 rings (SSSR count). The van der Waals surface area contributed by atoms with Crippen LogP contribution in [0.2, 0.25) is 5.02 Å². The van der Waals surface area contributed by atoms with Crippen LogP contribution >= 0.6 is 11.6 Å². The quantitative estimate of drug-likeness (QED) is 0.671. The molecule has 5 nitrogen and oxygen atoms in total. The first kappa shape index (κ1) is 18.9. The first-order valence-corrected chi connectivity index (χ1v) is 9.02. The summed E-state index contributed by atoms with van der Waals surface area (Å²) >= 11 is 6.07. The molecule has 0 unspecified atom stereocenters. The molecule has 0 bridgehead atoms. The van der Waals surface area contributed by atoms with Crippen molar-refractivity contribution in [3.8, 4) is 0 Å². The summed E-state index contributed by atoms with van der Waals surface area (Å²) < 4.78 is 0. The minimum atomic E-state index is -0.241.